The second kappa shape index (κ2) is 4.84. The molecule has 0 aliphatic heterocycles. The summed E-state index contributed by atoms with van der Waals surface area (Å²) in [6.45, 7) is 7.09. The van der Waals surface area contributed by atoms with Crippen LogP contribution in [-0.4, -0.2) is 11.5 Å². The van der Waals surface area contributed by atoms with Crippen LogP contribution in [0.3, 0.4) is 0 Å². The molecule has 1 heterocycles. The second-order valence-corrected chi connectivity index (χ2v) is 4.98. The summed E-state index contributed by atoms with van der Waals surface area (Å²) in [7, 11) is 0. The molecule has 0 bridgehead atoms. The van der Waals surface area contributed by atoms with E-state index in [2.05, 4.69) is 43.1 Å². The van der Waals surface area contributed by atoms with Gasteiger partial charge in [0.15, 0.2) is 0 Å². The number of nitrogens with two attached hydrogens (primary N) is 1. The van der Waals surface area contributed by atoms with E-state index in [1.54, 1.807) is 0 Å². The van der Waals surface area contributed by atoms with Crippen molar-refractivity contribution in [3.05, 3.63) is 41.1 Å². The maximum absolute atomic E-state index is 5.68. The SMILES string of the molecule is Cc1ccc2cc(CC(C)CN)cc(C)c2n1. The van der Waals surface area contributed by atoms with Crippen LogP contribution in [0.25, 0.3) is 10.9 Å². The summed E-state index contributed by atoms with van der Waals surface area (Å²) in [5.74, 6) is 0.533. The van der Waals surface area contributed by atoms with Gasteiger partial charge in [0.2, 0.25) is 0 Å². The summed E-state index contributed by atoms with van der Waals surface area (Å²) in [5.41, 5.74) is 10.5. The first-order valence-corrected chi connectivity index (χ1v) is 6.17. The predicted octanol–water partition coefficient (Wildman–Crippen LogP) is 2.99. The van der Waals surface area contributed by atoms with Crippen molar-refractivity contribution in [1.29, 1.82) is 0 Å². The molecule has 2 heteroatoms. The van der Waals surface area contributed by atoms with Gasteiger partial charge in [-0.15, -0.1) is 0 Å². The molecule has 0 fully saturated rings. The highest BCUT2D eigenvalue weighted by atomic mass is 14.7. The minimum atomic E-state index is 0.533. The fraction of sp³-hybridized carbons (Fsp3) is 0.400. The molecule has 2 N–H and O–H groups in total. The fourth-order valence-electron chi connectivity index (χ4n) is 2.19. The molecule has 0 saturated heterocycles. The third-order valence-corrected chi connectivity index (χ3v) is 3.17. The van der Waals surface area contributed by atoms with Gasteiger partial charge in [0.05, 0.1) is 5.52 Å². The average Bonchev–Trinajstić information content (AvgIpc) is 2.30. The van der Waals surface area contributed by atoms with Crippen LogP contribution in [0.15, 0.2) is 24.3 Å². The number of hydrogen-bond acceptors (Lipinski definition) is 2. The van der Waals surface area contributed by atoms with Crippen molar-refractivity contribution >= 4 is 10.9 Å². The third kappa shape index (κ3) is 2.64. The van der Waals surface area contributed by atoms with E-state index in [0.29, 0.717) is 5.92 Å². The molecule has 90 valence electrons. The van der Waals surface area contributed by atoms with E-state index in [1.165, 1.54) is 16.5 Å². The minimum absolute atomic E-state index is 0.533. The normalized spacial score (nSPS) is 12.9. The summed E-state index contributed by atoms with van der Waals surface area (Å²) >= 11 is 0. The van der Waals surface area contributed by atoms with Gasteiger partial charge >= 0.3 is 0 Å². The third-order valence-electron chi connectivity index (χ3n) is 3.17. The largest absolute Gasteiger partial charge is 0.330 e. The molecule has 1 atom stereocenters. The number of aryl methyl sites for hydroxylation is 2. The van der Waals surface area contributed by atoms with Crippen molar-refractivity contribution in [2.45, 2.75) is 27.2 Å². The van der Waals surface area contributed by atoms with Gasteiger partial charge in [-0.3, -0.25) is 4.98 Å². The van der Waals surface area contributed by atoms with E-state index >= 15 is 0 Å². The summed E-state index contributed by atoms with van der Waals surface area (Å²) in [5, 5.41) is 1.23. The van der Waals surface area contributed by atoms with Crippen LogP contribution >= 0.6 is 0 Å². The summed E-state index contributed by atoms with van der Waals surface area (Å²) in [4.78, 5) is 4.59. The molecule has 0 saturated carbocycles. The summed E-state index contributed by atoms with van der Waals surface area (Å²) < 4.78 is 0. The van der Waals surface area contributed by atoms with Crippen molar-refractivity contribution in [2.75, 3.05) is 6.54 Å². The molecule has 1 unspecified atom stereocenters. The topological polar surface area (TPSA) is 38.9 Å². The zero-order chi connectivity index (χ0) is 12.4. The van der Waals surface area contributed by atoms with E-state index in [1.807, 2.05) is 6.92 Å². The highest BCUT2D eigenvalue weighted by Gasteiger charge is 2.06. The number of fused-ring (bicyclic) bond motifs is 1. The van der Waals surface area contributed by atoms with Gasteiger partial charge in [-0.1, -0.05) is 19.1 Å². The number of hydrogen-bond donors (Lipinski definition) is 1. The Kier molecular flexibility index (Phi) is 3.43. The summed E-state index contributed by atoms with van der Waals surface area (Å²) in [6.07, 6.45) is 1.04. The molecule has 17 heavy (non-hydrogen) atoms. The smallest absolute Gasteiger partial charge is 0.0734 e. The zero-order valence-electron chi connectivity index (χ0n) is 10.8. The monoisotopic (exact) mass is 228 g/mol. The van der Waals surface area contributed by atoms with Crippen LogP contribution < -0.4 is 5.73 Å². The van der Waals surface area contributed by atoms with Crippen molar-refractivity contribution in [1.82, 2.24) is 4.98 Å². The zero-order valence-corrected chi connectivity index (χ0v) is 10.8. The highest BCUT2D eigenvalue weighted by Crippen LogP contribution is 2.21. The first-order valence-electron chi connectivity index (χ1n) is 6.17. The molecule has 1 aromatic carbocycles. The van der Waals surface area contributed by atoms with Crippen LogP contribution in [0.5, 0.6) is 0 Å². The molecule has 2 aromatic rings. The lowest BCUT2D eigenvalue weighted by Crippen LogP contribution is -2.13. The lowest BCUT2D eigenvalue weighted by Gasteiger charge is -2.11. The van der Waals surface area contributed by atoms with Crippen LogP contribution in [0, 0.1) is 19.8 Å². The quantitative estimate of drug-likeness (QED) is 0.877. The van der Waals surface area contributed by atoms with Gasteiger partial charge < -0.3 is 5.73 Å². The second-order valence-electron chi connectivity index (χ2n) is 4.98. The Morgan fingerprint density at radius 2 is 2.00 bits per heavy atom. The Bertz CT molecular complexity index is 532. The molecule has 0 aliphatic rings. The van der Waals surface area contributed by atoms with E-state index in [0.717, 1.165) is 24.2 Å². The average molecular weight is 228 g/mol. The minimum Gasteiger partial charge on any atom is -0.330 e. The van der Waals surface area contributed by atoms with Crippen LogP contribution in [0.1, 0.15) is 23.7 Å². The van der Waals surface area contributed by atoms with Gasteiger partial charge in [0.1, 0.15) is 0 Å². The molecule has 0 spiro atoms. The number of benzene rings is 1. The van der Waals surface area contributed by atoms with E-state index in [4.69, 9.17) is 5.73 Å². The molecular weight excluding hydrogens is 208 g/mol. The maximum atomic E-state index is 5.68. The lowest BCUT2D eigenvalue weighted by molar-refractivity contribution is 0.593. The molecule has 2 rings (SSSR count). The van der Waals surface area contributed by atoms with E-state index in [-0.39, 0.29) is 0 Å². The van der Waals surface area contributed by atoms with Gasteiger partial charge in [-0.25, -0.2) is 0 Å². The Balaban J connectivity index is 2.45. The van der Waals surface area contributed by atoms with Gasteiger partial charge in [0, 0.05) is 11.1 Å². The highest BCUT2D eigenvalue weighted by molar-refractivity contribution is 5.82. The van der Waals surface area contributed by atoms with Crippen molar-refractivity contribution in [3.63, 3.8) is 0 Å². The molecule has 0 radical (unpaired) electrons. The molecule has 2 nitrogen and oxygen atoms in total. The van der Waals surface area contributed by atoms with Crippen molar-refractivity contribution < 1.29 is 0 Å². The Morgan fingerprint density at radius 3 is 2.71 bits per heavy atom. The number of nitrogens with zero attached hydrogens (tertiary/aromatic N) is 1. The van der Waals surface area contributed by atoms with Gasteiger partial charge in [-0.2, -0.15) is 0 Å². The molecular formula is C15H20N2. The Labute approximate surface area is 103 Å². The number of aromatic nitrogens is 1. The molecule has 1 aromatic heterocycles. The van der Waals surface area contributed by atoms with Crippen LogP contribution in [-0.2, 0) is 6.42 Å². The maximum Gasteiger partial charge on any atom is 0.0734 e. The molecule has 0 aliphatic carbocycles. The Hall–Kier alpha value is -1.41. The Morgan fingerprint density at radius 1 is 1.24 bits per heavy atom. The predicted molar refractivity (Wildman–Crippen MR) is 73.1 cm³/mol. The van der Waals surface area contributed by atoms with Crippen LogP contribution in [0.2, 0.25) is 0 Å². The lowest BCUT2D eigenvalue weighted by atomic mass is 9.97. The van der Waals surface area contributed by atoms with Crippen molar-refractivity contribution in [2.24, 2.45) is 11.7 Å². The first kappa shape index (κ1) is 12.1. The summed E-state index contributed by atoms with van der Waals surface area (Å²) in [6, 6.07) is 8.70. The molecule has 0 amide bonds. The van der Waals surface area contributed by atoms with Gasteiger partial charge in [-0.05, 0) is 56.0 Å². The van der Waals surface area contributed by atoms with E-state index in [9.17, 15) is 0 Å². The number of pyridine rings is 1. The number of rotatable bonds is 3. The first-order chi connectivity index (χ1) is 8.10. The fourth-order valence-corrected chi connectivity index (χ4v) is 2.19. The standard InChI is InChI=1S/C15H20N2/c1-10(9-16)6-13-7-11(2)15-14(8-13)5-4-12(3)17-15/h4-5,7-8,10H,6,9,16H2,1-3H3. The van der Waals surface area contributed by atoms with Crippen LogP contribution in [0.4, 0.5) is 0 Å². The van der Waals surface area contributed by atoms with Gasteiger partial charge in [0.25, 0.3) is 0 Å². The van der Waals surface area contributed by atoms with E-state index < -0.39 is 0 Å². The van der Waals surface area contributed by atoms with Crippen molar-refractivity contribution in [3.8, 4) is 0 Å².